The van der Waals surface area contributed by atoms with Crippen LogP contribution >= 0.6 is 0 Å². The molecule has 0 aliphatic rings. The molecule has 0 aliphatic carbocycles. The van der Waals surface area contributed by atoms with Crippen molar-refractivity contribution in [1.82, 2.24) is 0 Å². The van der Waals surface area contributed by atoms with Gasteiger partial charge in [-0.2, -0.15) is 0 Å². The molecule has 0 saturated carbocycles. The standard InChI is InChI=1S/C19H20N2O7/c1-11-5-6-13(9-15(11)21(24)25)19(23)28-12(2)18(22)20-14-7-8-16(26-3)17(10-14)27-4/h5-10,12H,1-4H3,(H,20,22)/t12-/m0/s1. The molecule has 0 saturated heterocycles. The number of benzene rings is 2. The molecule has 28 heavy (non-hydrogen) atoms. The second kappa shape index (κ2) is 8.85. The van der Waals surface area contributed by atoms with Crippen LogP contribution in [0.5, 0.6) is 11.5 Å². The number of ether oxygens (including phenoxy) is 3. The molecule has 1 N–H and O–H groups in total. The molecule has 0 fully saturated rings. The molecule has 0 bridgehead atoms. The number of hydrogen-bond acceptors (Lipinski definition) is 7. The Bertz CT molecular complexity index is 911. The van der Waals surface area contributed by atoms with Crippen LogP contribution < -0.4 is 14.8 Å². The highest BCUT2D eigenvalue weighted by molar-refractivity contribution is 5.97. The zero-order chi connectivity index (χ0) is 20.8. The lowest BCUT2D eigenvalue weighted by molar-refractivity contribution is -0.385. The normalized spacial score (nSPS) is 11.3. The summed E-state index contributed by atoms with van der Waals surface area (Å²) in [5.41, 5.74) is 0.636. The van der Waals surface area contributed by atoms with E-state index in [0.717, 1.165) is 6.07 Å². The maximum Gasteiger partial charge on any atom is 0.339 e. The summed E-state index contributed by atoms with van der Waals surface area (Å²) in [4.78, 5) is 34.9. The van der Waals surface area contributed by atoms with E-state index in [9.17, 15) is 19.7 Å². The lowest BCUT2D eigenvalue weighted by atomic mass is 10.1. The SMILES string of the molecule is COc1ccc(NC(=O)[C@H](C)OC(=O)c2ccc(C)c([N+](=O)[O-])c2)cc1OC. The van der Waals surface area contributed by atoms with Gasteiger partial charge >= 0.3 is 5.97 Å². The van der Waals surface area contributed by atoms with Crippen molar-refractivity contribution < 1.29 is 28.7 Å². The Kier molecular flexibility index (Phi) is 6.54. The molecule has 0 aromatic heterocycles. The summed E-state index contributed by atoms with van der Waals surface area (Å²) in [6, 6.07) is 8.77. The number of rotatable bonds is 7. The summed E-state index contributed by atoms with van der Waals surface area (Å²) in [5, 5.41) is 13.6. The lowest BCUT2D eigenvalue weighted by Gasteiger charge is -2.15. The Morgan fingerprint density at radius 1 is 1.07 bits per heavy atom. The van der Waals surface area contributed by atoms with Gasteiger partial charge in [-0.05, 0) is 32.0 Å². The van der Waals surface area contributed by atoms with Crippen molar-refractivity contribution in [3.63, 3.8) is 0 Å². The predicted molar refractivity (Wildman–Crippen MR) is 101 cm³/mol. The predicted octanol–water partition coefficient (Wildman–Crippen LogP) is 3.10. The van der Waals surface area contributed by atoms with Gasteiger partial charge in [0.05, 0.1) is 24.7 Å². The first-order chi connectivity index (χ1) is 13.3. The van der Waals surface area contributed by atoms with Gasteiger partial charge in [0.25, 0.3) is 11.6 Å². The average Bonchev–Trinajstić information content (AvgIpc) is 2.67. The molecule has 2 aromatic rings. The van der Waals surface area contributed by atoms with Crippen molar-refractivity contribution in [1.29, 1.82) is 0 Å². The van der Waals surface area contributed by atoms with E-state index in [1.54, 1.807) is 25.1 Å². The summed E-state index contributed by atoms with van der Waals surface area (Å²) < 4.78 is 15.4. The number of amides is 1. The quantitative estimate of drug-likeness (QED) is 0.440. The molecule has 148 valence electrons. The number of nitrogens with zero attached hydrogens (tertiary/aromatic N) is 1. The second-order valence-corrected chi connectivity index (χ2v) is 5.86. The highest BCUT2D eigenvalue weighted by Crippen LogP contribution is 2.29. The van der Waals surface area contributed by atoms with Crippen LogP contribution in [-0.2, 0) is 9.53 Å². The molecule has 0 radical (unpaired) electrons. The molecule has 9 nitrogen and oxygen atoms in total. The van der Waals surface area contributed by atoms with E-state index in [2.05, 4.69) is 5.32 Å². The fourth-order valence-electron chi connectivity index (χ4n) is 2.37. The Morgan fingerprint density at radius 2 is 1.75 bits per heavy atom. The lowest BCUT2D eigenvalue weighted by Crippen LogP contribution is -2.30. The summed E-state index contributed by atoms with van der Waals surface area (Å²) in [6.07, 6.45) is -1.12. The third-order valence-electron chi connectivity index (χ3n) is 3.95. The van der Waals surface area contributed by atoms with Crippen molar-refractivity contribution in [2.24, 2.45) is 0 Å². The van der Waals surface area contributed by atoms with Crippen molar-refractivity contribution in [3.8, 4) is 11.5 Å². The number of methoxy groups -OCH3 is 2. The Hall–Kier alpha value is -3.62. The molecule has 9 heteroatoms. The van der Waals surface area contributed by atoms with E-state index in [0.29, 0.717) is 22.7 Å². The van der Waals surface area contributed by atoms with Crippen LogP contribution in [0.15, 0.2) is 36.4 Å². The summed E-state index contributed by atoms with van der Waals surface area (Å²) in [7, 11) is 2.96. The van der Waals surface area contributed by atoms with Gasteiger partial charge in [0.2, 0.25) is 0 Å². The maximum atomic E-state index is 12.3. The number of nitrogens with one attached hydrogen (secondary N) is 1. The smallest absolute Gasteiger partial charge is 0.339 e. The first-order valence-corrected chi connectivity index (χ1v) is 8.25. The highest BCUT2D eigenvalue weighted by Gasteiger charge is 2.22. The third kappa shape index (κ3) is 4.76. The van der Waals surface area contributed by atoms with E-state index in [-0.39, 0.29) is 11.3 Å². The van der Waals surface area contributed by atoms with Crippen LogP contribution in [0.1, 0.15) is 22.8 Å². The van der Waals surface area contributed by atoms with Crippen molar-refractivity contribution in [3.05, 3.63) is 57.6 Å². The summed E-state index contributed by atoms with van der Waals surface area (Å²) in [6.45, 7) is 2.96. The van der Waals surface area contributed by atoms with E-state index in [1.807, 2.05) is 0 Å². The molecule has 1 atom stereocenters. The monoisotopic (exact) mass is 388 g/mol. The Labute approximate surface area is 161 Å². The van der Waals surface area contributed by atoms with E-state index < -0.39 is 22.9 Å². The van der Waals surface area contributed by atoms with Crippen LogP contribution in [-0.4, -0.2) is 37.1 Å². The van der Waals surface area contributed by atoms with Gasteiger partial charge in [0.1, 0.15) is 0 Å². The molecule has 1 amide bonds. The van der Waals surface area contributed by atoms with Gasteiger partial charge in [0, 0.05) is 23.4 Å². The molecule has 2 aromatic carbocycles. The molecular formula is C19H20N2O7. The van der Waals surface area contributed by atoms with Gasteiger partial charge in [-0.25, -0.2) is 4.79 Å². The minimum absolute atomic E-state index is 0.0110. The summed E-state index contributed by atoms with van der Waals surface area (Å²) >= 11 is 0. The number of aryl methyl sites for hydroxylation is 1. The first-order valence-electron chi connectivity index (χ1n) is 8.25. The fraction of sp³-hybridized carbons (Fsp3) is 0.263. The van der Waals surface area contributed by atoms with Crippen molar-refractivity contribution in [2.45, 2.75) is 20.0 Å². The second-order valence-electron chi connectivity index (χ2n) is 5.86. The van der Waals surface area contributed by atoms with Crippen LogP contribution in [0.3, 0.4) is 0 Å². The van der Waals surface area contributed by atoms with Gasteiger partial charge in [-0.1, -0.05) is 6.07 Å². The molecule has 0 aliphatic heterocycles. The van der Waals surface area contributed by atoms with Crippen LogP contribution in [0, 0.1) is 17.0 Å². The van der Waals surface area contributed by atoms with Gasteiger partial charge in [0.15, 0.2) is 17.6 Å². The van der Waals surface area contributed by atoms with Crippen LogP contribution in [0.2, 0.25) is 0 Å². The highest BCUT2D eigenvalue weighted by atomic mass is 16.6. The van der Waals surface area contributed by atoms with Crippen LogP contribution in [0.4, 0.5) is 11.4 Å². The Morgan fingerprint density at radius 3 is 2.36 bits per heavy atom. The molecular weight excluding hydrogens is 368 g/mol. The van der Waals surface area contributed by atoms with Gasteiger partial charge < -0.3 is 19.5 Å². The number of anilines is 1. The topological polar surface area (TPSA) is 117 Å². The fourth-order valence-corrected chi connectivity index (χ4v) is 2.37. The van der Waals surface area contributed by atoms with Gasteiger partial charge in [-0.15, -0.1) is 0 Å². The van der Waals surface area contributed by atoms with Crippen molar-refractivity contribution in [2.75, 3.05) is 19.5 Å². The average molecular weight is 388 g/mol. The van der Waals surface area contributed by atoms with E-state index in [4.69, 9.17) is 14.2 Å². The maximum absolute atomic E-state index is 12.3. The summed E-state index contributed by atoms with van der Waals surface area (Å²) in [5.74, 6) is -0.474. The van der Waals surface area contributed by atoms with Gasteiger partial charge in [-0.3, -0.25) is 14.9 Å². The number of esters is 1. The number of nitro benzene ring substituents is 1. The van der Waals surface area contributed by atoms with E-state index >= 15 is 0 Å². The minimum atomic E-state index is -1.12. The van der Waals surface area contributed by atoms with E-state index in [1.165, 1.54) is 33.3 Å². The largest absolute Gasteiger partial charge is 0.493 e. The third-order valence-corrected chi connectivity index (χ3v) is 3.95. The zero-order valence-corrected chi connectivity index (χ0v) is 15.8. The molecule has 2 rings (SSSR count). The van der Waals surface area contributed by atoms with Crippen LogP contribution in [0.25, 0.3) is 0 Å². The molecule has 0 unspecified atom stereocenters. The Balaban J connectivity index is 2.07. The number of hydrogen-bond donors (Lipinski definition) is 1. The first kappa shape index (κ1) is 20.7. The van der Waals surface area contributed by atoms with Crippen molar-refractivity contribution >= 4 is 23.3 Å². The minimum Gasteiger partial charge on any atom is -0.493 e. The zero-order valence-electron chi connectivity index (χ0n) is 15.8. The molecule has 0 heterocycles. The molecule has 0 spiro atoms. The number of nitro groups is 1. The number of carbonyl (C=O) groups excluding carboxylic acids is 2. The number of carbonyl (C=O) groups is 2.